The van der Waals surface area contributed by atoms with Crippen molar-refractivity contribution in [3.63, 3.8) is 0 Å². The van der Waals surface area contributed by atoms with E-state index in [0.29, 0.717) is 0 Å². The Hall–Kier alpha value is -1.13. The van der Waals surface area contributed by atoms with Gasteiger partial charge in [0.25, 0.3) is 0 Å². The van der Waals surface area contributed by atoms with Crippen LogP contribution in [0.3, 0.4) is 0 Å². The fourth-order valence-electron chi connectivity index (χ4n) is 3.09. The number of hydrogen-bond donors (Lipinski definition) is 0. The maximum absolute atomic E-state index is 5.81. The summed E-state index contributed by atoms with van der Waals surface area (Å²) >= 11 is 0. The minimum Gasteiger partial charge on any atom is -0.369 e. The van der Waals surface area contributed by atoms with Gasteiger partial charge in [-0.15, -0.1) is 0 Å². The Kier molecular flexibility index (Phi) is 4.76. The molecule has 0 N–H and O–H groups in total. The molecule has 1 aromatic carbocycles. The zero-order chi connectivity index (χ0) is 14.7. The third-order valence-corrected chi connectivity index (χ3v) is 4.57. The first-order chi connectivity index (χ1) is 10.3. The van der Waals surface area contributed by atoms with Crippen molar-refractivity contribution in [1.82, 2.24) is 9.62 Å². The predicted molar refractivity (Wildman–Crippen MR) is 91.4 cm³/mol. The predicted octanol–water partition coefficient (Wildman–Crippen LogP) is 0.681. The molecule has 0 atom stereocenters. The first kappa shape index (κ1) is 14.8. The summed E-state index contributed by atoms with van der Waals surface area (Å²) in [5, 5.41) is 0. The Bertz CT molecular complexity index is 437. The van der Waals surface area contributed by atoms with Crippen molar-refractivity contribution < 1.29 is 0 Å². The second kappa shape index (κ2) is 6.75. The van der Waals surface area contributed by atoms with Crippen molar-refractivity contribution in [2.75, 3.05) is 62.2 Å². The van der Waals surface area contributed by atoms with E-state index in [1.807, 2.05) is 4.81 Å². The number of piperazine rings is 2. The van der Waals surface area contributed by atoms with Gasteiger partial charge in [-0.1, -0.05) is 6.82 Å². The monoisotopic (exact) mass is 281 g/mol. The van der Waals surface area contributed by atoms with E-state index < -0.39 is 0 Å². The Morgan fingerprint density at radius 1 is 0.762 bits per heavy atom. The van der Waals surface area contributed by atoms with Gasteiger partial charge in [0.05, 0.1) is 0 Å². The molecule has 2 heterocycles. The van der Waals surface area contributed by atoms with Crippen molar-refractivity contribution in [1.29, 1.82) is 0 Å². The number of hydrogen-bond acceptors (Lipinski definition) is 4. The summed E-state index contributed by atoms with van der Waals surface area (Å²) in [5.74, 6) is 0. The van der Waals surface area contributed by atoms with Gasteiger partial charge in [0, 0.05) is 63.7 Å². The second-order valence-corrected chi connectivity index (χ2v) is 5.82. The fraction of sp³-hybridized carbons (Fsp3) is 0.600. The molecule has 6 heteroatoms. The van der Waals surface area contributed by atoms with Crippen LogP contribution in [0.2, 0.25) is 6.82 Å². The molecule has 2 aliphatic rings. The number of benzene rings is 1. The molecule has 21 heavy (non-hydrogen) atoms. The van der Waals surface area contributed by atoms with Crippen LogP contribution in [0.1, 0.15) is 0 Å². The quantitative estimate of drug-likeness (QED) is 0.755. The summed E-state index contributed by atoms with van der Waals surface area (Å²) in [5.41, 5.74) is 2.65. The summed E-state index contributed by atoms with van der Waals surface area (Å²) < 4.78 is 0. The Morgan fingerprint density at radius 2 is 1.19 bits per heavy atom. The molecule has 3 radical (unpaired) electrons. The zero-order valence-corrected chi connectivity index (χ0v) is 12.9. The summed E-state index contributed by atoms with van der Waals surface area (Å²) in [6.07, 6.45) is 0. The summed E-state index contributed by atoms with van der Waals surface area (Å²) in [6, 6.07) is 9.02. The first-order valence-corrected chi connectivity index (χ1v) is 7.89. The van der Waals surface area contributed by atoms with Crippen LogP contribution in [0.15, 0.2) is 24.3 Å². The standard InChI is InChI=1S/C15H23B2N4/c1-17-21-12-8-19(9-13-21)15-4-2-14(3-5-15)18-6-10-20(16)11-7-18/h2-5H,6-13H2,1H3. The molecule has 0 bridgehead atoms. The molecule has 0 aromatic heterocycles. The lowest BCUT2D eigenvalue weighted by atomic mass is 9.95. The molecule has 0 spiro atoms. The maximum atomic E-state index is 5.81. The number of anilines is 2. The van der Waals surface area contributed by atoms with Crippen LogP contribution in [0.4, 0.5) is 11.4 Å². The van der Waals surface area contributed by atoms with Crippen LogP contribution in [-0.4, -0.2) is 77.4 Å². The first-order valence-electron chi connectivity index (χ1n) is 7.89. The number of rotatable bonds is 3. The lowest BCUT2D eigenvalue weighted by Gasteiger charge is -2.37. The van der Waals surface area contributed by atoms with Crippen LogP contribution < -0.4 is 9.80 Å². The van der Waals surface area contributed by atoms with Crippen molar-refractivity contribution in [3.8, 4) is 0 Å². The van der Waals surface area contributed by atoms with Crippen LogP contribution in [-0.2, 0) is 0 Å². The molecular formula is C15H23B2N4. The van der Waals surface area contributed by atoms with Gasteiger partial charge in [-0.3, -0.25) is 0 Å². The smallest absolute Gasteiger partial charge is 0.205 e. The fourth-order valence-corrected chi connectivity index (χ4v) is 3.09. The Balaban J connectivity index is 1.59. The topological polar surface area (TPSA) is 13.0 Å². The zero-order valence-electron chi connectivity index (χ0n) is 12.9. The minimum atomic E-state index is 0.942. The lowest BCUT2D eigenvalue weighted by molar-refractivity contribution is 0.408. The lowest BCUT2D eigenvalue weighted by Crippen LogP contribution is -2.47. The van der Waals surface area contributed by atoms with Gasteiger partial charge in [0.15, 0.2) is 7.98 Å². The third kappa shape index (κ3) is 3.55. The second-order valence-electron chi connectivity index (χ2n) is 5.82. The average molecular weight is 281 g/mol. The van der Waals surface area contributed by atoms with Gasteiger partial charge >= 0.3 is 0 Å². The van der Waals surface area contributed by atoms with Crippen molar-refractivity contribution in [2.24, 2.45) is 0 Å². The average Bonchev–Trinajstić information content (AvgIpc) is 2.56. The normalized spacial score (nSPS) is 21.6. The van der Waals surface area contributed by atoms with E-state index in [-0.39, 0.29) is 0 Å². The van der Waals surface area contributed by atoms with Crippen molar-refractivity contribution in [2.45, 2.75) is 6.82 Å². The molecule has 2 aliphatic heterocycles. The Morgan fingerprint density at radius 3 is 1.62 bits per heavy atom. The summed E-state index contributed by atoms with van der Waals surface area (Å²) in [6.45, 7) is 10.5. The largest absolute Gasteiger partial charge is 0.369 e. The molecular weight excluding hydrogens is 258 g/mol. The summed E-state index contributed by atoms with van der Waals surface area (Å²) in [7, 11) is 8.00. The van der Waals surface area contributed by atoms with Gasteiger partial charge in [-0.25, -0.2) is 0 Å². The molecule has 2 fully saturated rings. The molecule has 4 nitrogen and oxygen atoms in total. The van der Waals surface area contributed by atoms with E-state index in [2.05, 4.69) is 53.1 Å². The third-order valence-electron chi connectivity index (χ3n) is 4.57. The van der Waals surface area contributed by atoms with E-state index in [9.17, 15) is 0 Å². The number of nitrogens with zero attached hydrogens (tertiary/aromatic N) is 4. The maximum Gasteiger partial charge on any atom is 0.205 e. The van der Waals surface area contributed by atoms with Crippen LogP contribution in [0.25, 0.3) is 0 Å². The molecule has 0 saturated carbocycles. The minimum absolute atomic E-state index is 0.942. The SMILES string of the molecule is [B]N1CCN(c2ccc(N3CCN([B]C)CC3)cc2)CC1. The van der Waals surface area contributed by atoms with E-state index >= 15 is 0 Å². The van der Waals surface area contributed by atoms with E-state index in [0.717, 1.165) is 52.4 Å². The van der Waals surface area contributed by atoms with E-state index in [1.165, 1.54) is 11.4 Å². The van der Waals surface area contributed by atoms with Gasteiger partial charge in [0.1, 0.15) is 0 Å². The molecule has 1 aromatic rings. The molecule has 0 amide bonds. The highest BCUT2D eigenvalue weighted by Crippen LogP contribution is 2.22. The van der Waals surface area contributed by atoms with Gasteiger partial charge in [-0.05, 0) is 24.3 Å². The van der Waals surface area contributed by atoms with Crippen LogP contribution in [0.5, 0.6) is 0 Å². The highest BCUT2D eigenvalue weighted by molar-refractivity contribution is 6.29. The van der Waals surface area contributed by atoms with Crippen LogP contribution in [0, 0.1) is 0 Å². The van der Waals surface area contributed by atoms with Gasteiger partial charge in [-0.2, -0.15) is 0 Å². The highest BCUT2D eigenvalue weighted by Gasteiger charge is 2.17. The Labute approximate surface area is 130 Å². The van der Waals surface area contributed by atoms with Gasteiger partial charge in [0.2, 0.25) is 7.41 Å². The van der Waals surface area contributed by atoms with Crippen molar-refractivity contribution >= 4 is 26.8 Å². The van der Waals surface area contributed by atoms with E-state index in [1.54, 1.807) is 0 Å². The summed E-state index contributed by atoms with van der Waals surface area (Å²) in [4.78, 5) is 9.17. The molecule has 109 valence electrons. The highest BCUT2D eigenvalue weighted by atomic mass is 15.2. The molecule has 0 unspecified atom stereocenters. The van der Waals surface area contributed by atoms with Gasteiger partial charge < -0.3 is 19.4 Å². The van der Waals surface area contributed by atoms with E-state index in [4.69, 9.17) is 7.98 Å². The van der Waals surface area contributed by atoms with Crippen LogP contribution >= 0.6 is 0 Å². The molecule has 3 rings (SSSR count). The molecule has 2 saturated heterocycles. The molecule has 0 aliphatic carbocycles. The van der Waals surface area contributed by atoms with Crippen molar-refractivity contribution in [3.05, 3.63) is 24.3 Å².